The number of esters is 1. The molecule has 0 N–H and O–H groups in total. The van der Waals surface area contributed by atoms with Crippen molar-refractivity contribution in [3.63, 3.8) is 0 Å². The van der Waals surface area contributed by atoms with Gasteiger partial charge in [-0.05, 0) is 62.6 Å². The van der Waals surface area contributed by atoms with Gasteiger partial charge in [-0.3, -0.25) is 4.79 Å². The van der Waals surface area contributed by atoms with Crippen molar-refractivity contribution < 1.29 is 19.0 Å². The first-order valence-corrected chi connectivity index (χ1v) is 11.2. The van der Waals surface area contributed by atoms with E-state index in [1.54, 1.807) is 26.3 Å². The Labute approximate surface area is 183 Å². The van der Waals surface area contributed by atoms with Crippen molar-refractivity contribution in [1.29, 1.82) is 0 Å². The molecule has 0 radical (unpaired) electrons. The van der Waals surface area contributed by atoms with Crippen molar-refractivity contribution in [1.82, 2.24) is 4.57 Å². The molecule has 1 unspecified atom stereocenters. The number of carbonyl (C=O) groups excluding carboxylic acids is 1. The van der Waals surface area contributed by atoms with Crippen LogP contribution in [0.4, 0.5) is 0 Å². The van der Waals surface area contributed by atoms with Crippen LogP contribution in [0.3, 0.4) is 0 Å². The summed E-state index contributed by atoms with van der Waals surface area (Å²) < 4.78 is 19.1. The lowest BCUT2D eigenvalue weighted by Crippen LogP contribution is -2.28. The average Bonchev–Trinajstić information content (AvgIpc) is 3.25. The maximum atomic E-state index is 12.8. The van der Waals surface area contributed by atoms with Crippen LogP contribution in [0.25, 0.3) is 11.3 Å². The van der Waals surface area contributed by atoms with Crippen LogP contribution in [0.15, 0.2) is 29.2 Å². The second-order valence-electron chi connectivity index (χ2n) is 8.76. The number of rotatable bonds is 6. The fraction of sp³-hybridized carbons (Fsp3) is 0.520. The van der Waals surface area contributed by atoms with E-state index in [2.05, 4.69) is 24.5 Å². The molecular formula is C25H31NO5. The number of ether oxygens (including phenoxy) is 3. The first kappa shape index (κ1) is 21.5. The van der Waals surface area contributed by atoms with E-state index in [9.17, 15) is 9.59 Å². The van der Waals surface area contributed by atoms with E-state index >= 15 is 0 Å². The van der Waals surface area contributed by atoms with Crippen molar-refractivity contribution in [3.8, 4) is 22.8 Å². The third-order valence-electron chi connectivity index (χ3n) is 6.39. The highest BCUT2D eigenvalue weighted by Gasteiger charge is 2.30. The van der Waals surface area contributed by atoms with Gasteiger partial charge >= 0.3 is 5.97 Å². The lowest BCUT2D eigenvalue weighted by molar-refractivity contribution is 0.0523. The molecule has 1 fully saturated rings. The number of aromatic nitrogens is 1. The number of hydrogen-bond donors (Lipinski definition) is 0. The number of hydrogen-bond acceptors (Lipinski definition) is 5. The zero-order valence-corrected chi connectivity index (χ0v) is 18.8. The van der Waals surface area contributed by atoms with Crippen LogP contribution in [0.1, 0.15) is 68.4 Å². The number of methoxy groups -OCH3 is 1. The Balaban J connectivity index is 1.82. The quantitative estimate of drug-likeness (QED) is 0.624. The summed E-state index contributed by atoms with van der Waals surface area (Å²) in [5.74, 6) is 1.18. The summed E-state index contributed by atoms with van der Waals surface area (Å²) in [6.45, 7) is 6.28. The van der Waals surface area contributed by atoms with Gasteiger partial charge in [0.15, 0.2) is 16.9 Å². The molecule has 0 spiro atoms. The zero-order chi connectivity index (χ0) is 22.1. The van der Waals surface area contributed by atoms with Gasteiger partial charge in [-0.1, -0.05) is 13.8 Å². The minimum absolute atomic E-state index is 0.0767. The minimum Gasteiger partial charge on any atom is -0.493 e. The highest BCUT2D eigenvalue weighted by molar-refractivity contribution is 5.89. The molecule has 6 nitrogen and oxygen atoms in total. The largest absolute Gasteiger partial charge is 0.493 e. The molecule has 1 aliphatic carbocycles. The topological polar surface area (TPSA) is 66.8 Å². The Hall–Kier alpha value is -2.76. The molecule has 1 aliphatic heterocycles. The first-order valence-electron chi connectivity index (χ1n) is 11.2. The highest BCUT2D eigenvalue weighted by Crippen LogP contribution is 2.43. The zero-order valence-electron chi connectivity index (χ0n) is 18.8. The molecule has 0 amide bonds. The normalized spacial score (nSPS) is 17.9. The van der Waals surface area contributed by atoms with Crippen LogP contribution in [-0.4, -0.2) is 30.4 Å². The average molecular weight is 426 g/mol. The first-order chi connectivity index (χ1) is 14.9. The fourth-order valence-corrected chi connectivity index (χ4v) is 4.73. The Morgan fingerprint density at radius 1 is 1.16 bits per heavy atom. The third kappa shape index (κ3) is 4.08. The van der Waals surface area contributed by atoms with Crippen molar-refractivity contribution in [2.75, 3.05) is 13.7 Å². The van der Waals surface area contributed by atoms with Crippen LogP contribution in [0.2, 0.25) is 0 Å². The standard InChI is InChI=1S/C25H31NO5/c1-5-30-25(28)19-14-26-20(15(2)3)10-16-11-24(31-17-8-6-7-9-17)23(29-4)12-18(16)21(26)13-22(19)27/h11-15,17,20H,5-10H2,1-4H3. The van der Waals surface area contributed by atoms with Gasteiger partial charge in [-0.2, -0.15) is 0 Å². The second kappa shape index (κ2) is 8.77. The van der Waals surface area contributed by atoms with Gasteiger partial charge in [0.25, 0.3) is 0 Å². The van der Waals surface area contributed by atoms with E-state index in [0.717, 1.165) is 41.8 Å². The number of carbonyl (C=O) groups is 1. The summed E-state index contributed by atoms with van der Waals surface area (Å²) in [4.78, 5) is 25.1. The summed E-state index contributed by atoms with van der Waals surface area (Å²) in [6.07, 6.45) is 7.24. The molecule has 2 heterocycles. The van der Waals surface area contributed by atoms with Crippen molar-refractivity contribution >= 4 is 5.97 Å². The summed E-state index contributed by atoms with van der Waals surface area (Å²) >= 11 is 0. The van der Waals surface area contributed by atoms with E-state index in [1.165, 1.54) is 12.8 Å². The monoisotopic (exact) mass is 425 g/mol. The summed E-state index contributed by atoms with van der Waals surface area (Å²) in [5.41, 5.74) is 2.62. The predicted octanol–water partition coefficient (Wildman–Crippen LogP) is 4.78. The van der Waals surface area contributed by atoms with Crippen LogP contribution >= 0.6 is 0 Å². The van der Waals surface area contributed by atoms with Gasteiger partial charge in [-0.15, -0.1) is 0 Å². The van der Waals surface area contributed by atoms with Crippen LogP contribution < -0.4 is 14.9 Å². The van der Waals surface area contributed by atoms with Crippen LogP contribution in [0, 0.1) is 5.92 Å². The Morgan fingerprint density at radius 3 is 2.55 bits per heavy atom. The molecule has 0 saturated heterocycles. The van der Waals surface area contributed by atoms with Crippen LogP contribution in [0.5, 0.6) is 11.5 Å². The second-order valence-corrected chi connectivity index (χ2v) is 8.76. The van der Waals surface area contributed by atoms with Gasteiger partial charge in [-0.25, -0.2) is 4.79 Å². The Kier molecular flexibility index (Phi) is 6.08. The molecule has 166 valence electrons. The van der Waals surface area contributed by atoms with Gasteiger partial charge in [0.2, 0.25) is 0 Å². The van der Waals surface area contributed by atoms with Crippen molar-refractivity contribution in [2.24, 2.45) is 5.92 Å². The van der Waals surface area contributed by atoms with Gasteiger partial charge in [0, 0.05) is 23.9 Å². The number of nitrogens with zero attached hydrogens (tertiary/aromatic N) is 1. The minimum atomic E-state index is -0.575. The summed E-state index contributed by atoms with van der Waals surface area (Å²) in [5, 5.41) is 0. The molecule has 6 heteroatoms. The smallest absolute Gasteiger partial charge is 0.343 e. The van der Waals surface area contributed by atoms with E-state index < -0.39 is 5.97 Å². The predicted molar refractivity (Wildman–Crippen MR) is 119 cm³/mol. The highest BCUT2D eigenvalue weighted by atomic mass is 16.5. The lowest BCUT2D eigenvalue weighted by atomic mass is 9.87. The van der Waals surface area contributed by atoms with Crippen molar-refractivity contribution in [3.05, 3.63) is 45.7 Å². The third-order valence-corrected chi connectivity index (χ3v) is 6.39. The Morgan fingerprint density at radius 2 is 1.90 bits per heavy atom. The number of benzene rings is 1. The maximum Gasteiger partial charge on any atom is 0.343 e. The molecule has 1 aromatic carbocycles. The van der Waals surface area contributed by atoms with E-state index in [4.69, 9.17) is 14.2 Å². The van der Waals surface area contributed by atoms with E-state index in [-0.39, 0.29) is 29.7 Å². The molecule has 1 saturated carbocycles. The van der Waals surface area contributed by atoms with Crippen LogP contribution in [-0.2, 0) is 11.2 Å². The molecular weight excluding hydrogens is 394 g/mol. The van der Waals surface area contributed by atoms with Crippen molar-refractivity contribution in [2.45, 2.75) is 65.0 Å². The van der Waals surface area contributed by atoms with E-state index in [1.807, 2.05) is 6.07 Å². The number of pyridine rings is 1. The Bertz CT molecular complexity index is 1030. The molecule has 2 aliphatic rings. The molecule has 2 aromatic rings. The van der Waals surface area contributed by atoms with Gasteiger partial charge in [0.1, 0.15) is 5.56 Å². The molecule has 31 heavy (non-hydrogen) atoms. The molecule has 4 rings (SSSR count). The van der Waals surface area contributed by atoms with Gasteiger partial charge in [0.05, 0.1) is 25.5 Å². The SMILES string of the molecule is CCOC(=O)c1cn2c(cc1=O)-c1cc(OC)c(OC3CCCC3)cc1CC2C(C)C. The lowest BCUT2D eigenvalue weighted by Gasteiger charge is -2.34. The van der Waals surface area contributed by atoms with E-state index in [0.29, 0.717) is 11.7 Å². The molecule has 1 aromatic heterocycles. The molecule has 0 bridgehead atoms. The molecule has 1 atom stereocenters. The maximum absolute atomic E-state index is 12.8. The summed E-state index contributed by atoms with van der Waals surface area (Å²) in [6, 6.07) is 5.71. The summed E-state index contributed by atoms with van der Waals surface area (Å²) in [7, 11) is 1.64. The fourth-order valence-electron chi connectivity index (χ4n) is 4.73. The van der Waals surface area contributed by atoms with Gasteiger partial charge < -0.3 is 18.8 Å². The number of fused-ring (bicyclic) bond motifs is 3.